The summed E-state index contributed by atoms with van der Waals surface area (Å²) >= 11 is 0. The average molecular weight is 154 g/mol. The van der Waals surface area contributed by atoms with Gasteiger partial charge >= 0.3 is 0 Å². The van der Waals surface area contributed by atoms with Crippen LogP contribution in [0, 0.1) is 0 Å². The second-order valence-corrected chi connectivity index (χ2v) is 1.62. The van der Waals surface area contributed by atoms with E-state index in [1.165, 1.54) is 6.29 Å². The zero-order valence-corrected chi connectivity index (χ0v) is 5.31. The number of rotatable bonds is 2. The van der Waals surface area contributed by atoms with Crippen molar-refractivity contribution in [2.45, 2.75) is 0 Å². The molecule has 57 valence electrons. The molecule has 0 aliphatic rings. The van der Waals surface area contributed by atoms with E-state index in [0.717, 1.165) is 6.26 Å². The van der Waals surface area contributed by atoms with Crippen molar-refractivity contribution in [3.63, 3.8) is 0 Å². The molecule has 0 aliphatic heterocycles. The molecule has 0 fully saturated rings. The number of hydrogen-bond donors (Lipinski definition) is 2. The number of aromatic nitrogens is 1. The molecule has 11 heavy (non-hydrogen) atoms. The molecule has 0 saturated carbocycles. The quantitative estimate of drug-likeness (QED) is 0.341. The lowest BCUT2D eigenvalue weighted by Crippen LogP contribution is -2.02. The van der Waals surface area contributed by atoms with Crippen LogP contribution in [0.25, 0.3) is 0 Å². The van der Waals surface area contributed by atoms with Crippen LogP contribution in [0.5, 0.6) is 0 Å². The predicted molar refractivity (Wildman–Crippen MR) is 34.9 cm³/mol. The molecule has 6 heteroatoms. The predicted octanol–water partition coefficient (Wildman–Crippen LogP) is -0.455. The molecule has 1 heterocycles. The third kappa shape index (κ3) is 1.34. The lowest BCUT2D eigenvalue weighted by Gasteiger charge is -1.82. The molecule has 0 atom stereocenters. The first-order valence-corrected chi connectivity index (χ1v) is 2.59. The van der Waals surface area contributed by atoms with Crippen molar-refractivity contribution in [3.8, 4) is 0 Å². The van der Waals surface area contributed by atoms with Gasteiger partial charge in [-0.05, 0) is 0 Å². The highest BCUT2D eigenvalue weighted by Crippen LogP contribution is 2.02. The summed E-state index contributed by atoms with van der Waals surface area (Å²) in [5.41, 5.74) is 4.79. The van der Waals surface area contributed by atoms with Crippen molar-refractivity contribution >= 4 is 18.0 Å². The molecule has 0 aliphatic carbocycles. The standard InChI is InChI=1S/C5H4N3O3/c6-5-7-4(2-11-5)3(1-9)8-10/h2,10H,(H2,6,7). The zero-order chi connectivity index (χ0) is 8.27. The fourth-order valence-corrected chi connectivity index (χ4v) is 0.520. The first-order valence-electron chi connectivity index (χ1n) is 2.59. The Labute approximate surface area is 61.3 Å². The highest BCUT2D eigenvalue weighted by Gasteiger charge is 2.08. The average Bonchev–Trinajstić information content (AvgIpc) is 2.39. The van der Waals surface area contributed by atoms with Crippen LogP contribution in [0.1, 0.15) is 5.69 Å². The SMILES string of the molecule is Nc1nc(C([C]=O)=NO)co1. The third-order valence-electron chi connectivity index (χ3n) is 0.961. The van der Waals surface area contributed by atoms with Gasteiger partial charge in [0.2, 0.25) is 0 Å². The van der Waals surface area contributed by atoms with Gasteiger partial charge in [-0.1, -0.05) is 5.16 Å². The van der Waals surface area contributed by atoms with E-state index in [9.17, 15) is 4.79 Å². The van der Waals surface area contributed by atoms with E-state index >= 15 is 0 Å². The Hall–Kier alpha value is -1.85. The van der Waals surface area contributed by atoms with E-state index in [4.69, 9.17) is 10.9 Å². The first kappa shape index (κ1) is 7.26. The third-order valence-corrected chi connectivity index (χ3v) is 0.961. The van der Waals surface area contributed by atoms with Gasteiger partial charge in [0, 0.05) is 0 Å². The fraction of sp³-hybridized carbons (Fsp3) is 0. The highest BCUT2D eigenvalue weighted by molar-refractivity contribution is 6.35. The van der Waals surface area contributed by atoms with Crippen molar-refractivity contribution in [1.29, 1.82) is 0 Å². The molecule has 1 aromatic rings. The van der Waals surface area contributed by atoms with E-state index in [2.05, 4.69) is 14.6 Å². The van der Waals surface area contributed by atoms with Crippen molar-refractivity contribution < 1.29 is 14.4 Å². The summed E-state index contributed by atoms with van der Waals surface area (Å²) < 4.78 is 4.54. The van der Waals surface area contributed by atoms with Crippen LogP contribution in [-0.2, 0) is 4.79 Å². The Bertz CT molecular complexity index is 291. The lowest BCUT2D eigenvalue weighted by atomic mass is 10.3. The molecule has 0 spiro atoms. The Morgan fingerprint density at radius 1 is 1.91 bits per heavy atom. The minimum absolute atomic E-state index is 0.0556. The van der Waals surface area contributed by atoms with E-state index < -0.39 is 0 Å². The van der Waals surface area contributed by atoms with Crippen molar-refractivity contribution in [2.24, 2.45) is 5.16 Å². The van der Waals surface area contributed by atoms with Gasteiger partial charge in [0.1, 0.15) is 12.0 Å². The van der Waals surface area contributed by atoms with Gasteiger partial charge in [0.15, 0.2) is 5.71 Å². The second-order valence-electron chi connectivity index (χ2n) is 1.62. The van der Waals surface area contributed by atoms with E-state index in [-0.39, 0.29) is 17.4 Å². The van der Waals surface area contributed by atoms with Crippen molar-refractivity contribution in [1.82, 2.24) is 4.98 Å². The number of oxime groups is 1. The van der Waals surface area contributed by atoms with Crippen LogP contribution >= 0.6 is 0 Å². The molecule has 0 aromatic carbocycles. The molecule has 6 nitrogen and oxygen atoms in total. The molecular formula is C5H4N3O3. The normalized spacial score (nSPS) is 11.5. The number of hydrogen-bond acceptors (Lipinski definition) is 6. The summed E-state index contributed by atoms with van der Waals surface area (Å²) in [6.45, 7) is 0. The number of nitrogen functional groups attached to an aromatic ring is 1. The van der Waals surface area contributed by atoms with E-state index in [1.54, 1.807) is 0 Å². The number of oxazole rings is 1. The van der Waals surface area contributed by atoms with Gasteiger partial charge in [0.05, 0.1) is 0 Å². The van der Waals surface area contributed by atoms with Crippen LogP contribution < -0.4 is 5.73 Å². The fourth-order valence-electron chi connectivity index (χ4n) is 0.520. The molecule has 1 rings (SSSR count). The van der Waals surface area contributed by atoms with Crippen LogP contribution in [0.15, 0.2) is 15.8 Å². The van der Waals surface area contributed by atoms with Crippen molar-refractivity contribution in [3.05, 3.63) is 12.0 Å². The van der Waals surface area contributed by atoms with Gasteiger partial charge in [-0.2, -0.15) is 4.98 Å². The number of carbonyl (C=O) groups excluding carboxylic acids is 1. The minimum Gasteiger partial charge on any atom is -0.432 e. The Morgan fingerprint density at radius 3 is 3.00 bits per heavy atom. The van der Waals surface area contributed by atoms with Crippen molar-refractivity contribution in [2.75, 3.05) is 5.73 Å². The van der Waals surface area contributed by atoms with Crippen LogP contribution in [0.3, 0.4) is 0 Å². The maximum absolute atomic E-state index is 10.0. The lowest BCUT2D eigenvalue weighted by molar-refractivity contribution is 0.320. The summed E-state index contributed by atoms with van der Waals surface area (Å²) in [6.07, 6.45) is 2.45. The molecule has 1 radical (unpaired) electrons. The second kappa shape index (κ2) is 2.82. The largest absolute Gasteiger partial charge is 0.432 e. The molecule has 0 unspecified atom stereocenters. The molecule has 0 saturated heterocycles. The summed E-state index contributed by atoms with van der Waals surface area (Å²) in [7, 11) is 0. The maximum Gasteiger partial charge on any atom is 0.292 e. The smallest absolute Gasteiger partial charge is 0.292 e. The Kier molecular flexibility index (Phi) is 1.86. The number of nitrogens with two attached hydrogens (primary N) is 1. The maximum atomic E-state index is 10.0. The topological polar surface area (TPSA) is 102 Å². The van der Waals surface area contributed by atoms with Gasteiger partial charge in [-0.3, -0.25) is 4.79 Å². The molecule has 0 bridgehead atoms. The zero-order valence-electron chi connectivity index (χ0n) is 5.31. The number of anilines is 1. The van der Waals surface area contributed by atoms with Gasteiger partial charge in [-0.25, -0.2) is 0 Å². The van der Waals surface area contributed by atoms with Crippen LogP contribution in [0.4, 0.5) is 6.01 Å². The van der Waals surface area contributed by atoms with E-state index in [1.807, 2.05) is 0 Å². The Balaban J connectivity index is 3.00. The summed E-state index contributed by atoms with van der Waals surface area (Å²) in [5.74, 6) is 0. The Morgan fingerprint density at radius 2 is 2.64 bits per heavy atom. The molecule has 3 N–H and O–H groups in total. The summed E-state index contributed by atoms with van der Waals surface area (Å²) in [5, 5.41) is 10.8. The van der Waals surface area contributed by atoms with Gasteiger partial charge in [0.25, 0.3) is 12.3 Å². The van der Waals surface area contributed by atoms with E-state index in [0.29, 0.717) is 0 Å². The van der Waals surface area contributed by atoms with Gasteiger partial charge in [-0.15, -0.1) is 0 Å². The molecular weight excluding hydrogens is 150 g/mol. The molecule has 1 aromatic heterocycles. The summed E-state index contributed by atoms with van der Waals surface area (Å²) in [6, 6.07) is -0.101. The summed E-state index contributed by atoms with van der Waals surface area (Å²) in [4.78, 5) is 13.5. The number of nitrogens with zero attached hydrogens (tertiary/aromatic N) is 2. The minimum atomic E-state index is -0.342. The first-order chi connectivity index (χ1) is 5.27. The highest BCUT2D eigenvalue weighted by atomic mass is 16.4. The monoisotopic (exact) mass is 154 g/mol. The van der Waals surface area contributed by atoms with Gasteiger partial charge < -0.3 is 15.4 Å². The molecule has 0 amide bonds. The van der Waals surface area contributed by atoms with Crippen LogP contribution in [-0.4, -0.2) is 22.2 Å². The van der Waals surface area contributed by atoms with Crippen LogP contribution in [0.2, 0.25) is 0 Å².